The quantitative estimate of drug-likeness (QED) is 0.819. The Morgan fingerprint density at radius 1 is 1.25 bits per heavy atom. The largest absolute Gasteiger partial charge is 0.481 e. The molecule has 1 aromatic heterocycles. The molecule has 0 spiro atoms. The van der Waals surface area contributed by atoms with Crippen molar-refractivity contribution >= 4 is 11.9 Å². The fraction of sp³-hybridized carbons (Fsp3) is 0.692. The molecule has 3 atom stereocenters. The minimum atomic E-state index is -0.704. The van der Waals surface area contributed by atoms with Gasteiger partial charge in [0.05, 0.1) is 5.41 Å². The summed E-state index contributed by atoms with van der Waals surface area (Å²) < 4.78 is 1.93. The smallest absolute Gasteiger partial charge is 0.310 e. The summed E-state index contributed by atoms with van der Waals surface area (Å²) in [6.45, 7) is 0. The van der Waals surface area contributed by atoms with Crippen LogP contribution in [0.3, 0.4) is 0 Å². The van der Waals surface area contributed by atoms with Crippen LogP contribution in [0, 0.1) is 17.3 Å². The fourth-order valence-corrected chi connectivity index (χ4v) is 3.70. The minimum absolute atomic E-state index is 0.0426. The first kappa shape index (κ1) is 11.9. The maximum Gasteiger partial charge on any atom is 0.310 e. The molecule has 3 aliphatic carbocycles. The Labute approximate surface area is 115 Å². The summed E-state index contributed by atoms with van der Waals surface area (Å²) in [6.07, 6.45) is 6.30. The Hall–Kier alpha value is -1.92. The molecule has 20 heavy (non-hydrogen) atoms. The molecule has 2 N–H and O–H groups in total. The fourth-order valence-electron chi connectivity index (χ4n) is 3.70. The predicted molar refractivity (Wildman–Crippen MR) is 66.5 cm³/mol. The zero-order valence-corrected chi connectivity index (χ0v) is 10.9. The first-order valence-electron chi connectivity index (χ1n) is 6.98. The van der Waals surface area contributed by atoms with Gasteiger partial charge in [0.25, 0.3) is 0 Å². The van der Waals surface area contributed by atoms with E-state index in [1.165, 1.54) is 0 Å². The molecule has 1 aromatic rings. The number of hydrogen-bond acceptors (Lipinski definition) is 4. The lowest BCUT2D eigenvalue weighted by atomic mass is 9.77. The number of amides is 1. The number of carboxylic acids is 1. The number of fused-ring (bicyclic) bond motifs is 1. The highest BCUT2D eigenvalue weighted by Gasteiger charge is 2.72. The van der Waals surface area contributed by atoms with Crippen molar-refractivity contribution in [2.45, 2.75) is 37.8 Å². The van der Waals surface area contributed by atoms with Gasteiger partial charge in [-0.2, -0.15) is 0 Å². The molecule has 7 heteroatoms. The maximum absolute atomic E-state index is 12.1. The van der Waals surface area contributed by atoms with Crippen molar-refractivity contribution in [2.24, 2.45) is 17.3 Å². The van der Waals surface area contributed by atoms with E-state index >= 15 is 0 Å². The van der Waals surface area contributed by atoms with E-state index in [1.807, 2.05) is 4.57 Å². The number of aromatic nitrogens is 3. The van der Waals surface area contributed by atoms with Gasteiger partial charge in [0.15, 0.2) is 0 Å². The number of nitrogens with zero attached hydrogens (tertiary/aromatic N) is 3. The van der Waals surface area contributed by atoms with Gasteiger partial charge >= 0.3 is 5.97 Å². The number of rotatable bonds is 4. The van der Waals surface area contributed by atoms with Crippen LogP contribution in [0.25, 0.3) is 0 Å². The molecule has 3 aliphatic rings. The molecule has 0 radical (unpaired) electrons. The van der Waals surface area contributed by atoms with Gasteiger partial charge in [-0.15, -0.1) is 10.2 Å². The minimum Gasteiger partial charge on any atom is -0.481 e. The second-order valence-corrected chi connectivity index (χ2v) is 6.32. The monoisotopic (exact) mass is 276 g/mol. The summed E-state index contributed by atoms with van der Waals surface area (Å²) in [7, 11) is 0. The molecular formula is C13H16N4O3. The second kappa shape index (κ2) is 3.80. The summed E-state index contributed by atoms with van der Waals surface area (Å²) in [5.41, 5.74) is -0.497. The van der Waals surface area contributed by atoms with Crippen molar-refractivity contribution in [1.82, 2.24) is 20.1 Å². The molecule has 0 bridgehead atoms. The van der Waals surface area contributed by atoms with E-state index in [4.69, 9.17) is 5.11 Å². The summed E-state index contributed by atoms with van der Waals surface area (Å²) in [4.78, 5) is 23.1. The van der Waals surface area contributed by atoms with Crippen molar-refractivity contribution in [3.8, 4) is 0 Å². The Morgan fingerprint density at radius 3 is 2.50 bits per heavy atom. The Balaban J connectivity index is 1.26. The highest BCUT2D eigenvalue weighted by molar-refractivity contribution is 5.84. The van der Waals surface area contributed by atoms with E-state index in [9.17, 15) is 9.59 Å². The normalized spacial score (nSPS) is 41.0. The summed E-state index contributed by atoms with van der Waals surface area (Å²) >= 11 is 0. The first-order chi connectivity index (χ1) is 9.60. The lowest BCUT2D eigenvalue weighted by Gasteiger charge is -2.38. The predicted octanol–water partition coefficient (Wildman–Crippen LogP) is 0.209. The molecule has 1 heterocycles. The molecule has 106 valence electrons. The number of nitrogens with one attached hydrogen (secondary N) is 1. The van der Waals surface area contributed by atoms with E-state index in [-0.39, 0.29) is 23.8 Å². The van der Waals surface area contributed by atoms with Crippen LogP contribution in [0.5, 0.6) is 0 Å². The van der Waals surface area contributed by atoms with Crippen LogP contribution in [0.4, 0.5) is 0 Å². The third-order valence-electron chi connectivity index (χ3n) is 5.30. The van der Waals surface area contributed by atoms with E-state index in [2.05, 4.69) is 15.5 Å². The van der Waals surface area contributed by atoms with Crippen molar-refractivity contribution in [2.75, 3.05) is 0 Å². The van der Waals surface area contributed by atoms with E-state index in [0.29, 0.717) is 12.5 Å². The third-order valence-corrected chi connectivity index (χ3v) is 5.30. The van der Waals surface area contributed by atoms with Crippen LogP contribution in [0.1, 0.15) is 31.7 Å². The van der Waals surface area contributed by atoms with Gasteiger partial charge in [0.1, 0.15) is 12.7 Å². The number of hydrogen-bond donors (Lipinski definition) is 2. The van der Waals surface area contributed by atoms with Crippen LogP contribution in [0.15, 0.2) is 12.7 Å². The van der Waals surface area contributed by atoms with E-state index in [0.717, 1.165) is 19.3 Å². The molecule has 4 rings (SSSR count). The van der Waals surface area contributed by atoms with Gasteiger partial charge in [0, 0.05) is 18.0 Å². The molecule has 3 saturated carbocycles. The zero-order valence-electron chi connectivity index (χ0n) is 10.9. The lowest BCUT2D eigenvalue weighted by molar-refractivity contribution is -0.148. The maximum atomic E-state index is 12.1. The Kier molecular flexibility index (Phi) is 2.26. The van der Waals surface area contributed by atoms with E-state index in [1.54, 1.807) is 12.7 Å². The van der Waals surface area contributed by atoms with Gasteiger partial charge in [-0.1, -0.05) is 0 Å². The van der Waals surface area contributed by atoms with Crippen molar-refractivity contribution in [3.63, 3.8) is 0 Å². The van der Waals surface area contributed by atoms with Gasteiger partial charge in [0.2, 0.25) is 5.91 Å². The summed E-state index contributed by atoms with van der Waals surface area (Å²) in [6, 6.07) is 0.397. The third kappa shape index (κ3) is 1.52. The highest BCUT2D eigenvalue weighted by atomic mass is 16.4. The molecule has 0 unspecified atom stereocenters. The average Bonchev–Trinajstić information content (AvgIpc) is 2.72. The van der Waals surface area contributed by atoms with Crippen LogP contribution in [-0.2, 0) is 9.59 Å². The standard InChI is InChI=1S/C13H16N4O3/c18-11(7-1-8(2-7)17-5-14-15-6-17)16-10-4-13(12(19)20)3-9(10)13/h5-10H,1-4H2,(H,16,18)(H,19,20)/t7?,8?,9-,10+,13-/m0/s1. The van der Waals surface area contributed by atoms with Crippen LogP contribution in [0.2, 0.25) is 0 Å². The topological polar surface area (TPSA) is 97.1 Å². The van der Waals surface area contributed by atoms with Crippen LogP contribution in [-0.4, -0.2) is 37.8 Å². The molecule has 3 fully saturated rings. The van der Waals surface area contributed by atoms with Gasteiger partial charge in [-0.25, -0.2) is 0 Å². The van der Waals surface area contributed by atoms with Gasteiger partial charge < -0.3 is 15.0 Å². The van der Waals surface area contributed by atoms with Crippen LogP contribution >= 0.6 is 0 Å². The molecule has 0 aromatic carbocycles. The first-order valence-corrected chi connectivity index (χ1v) is 6.98. The van der Waals surface area contributed by atoms with Gasteiger partial charge in [-0.3, -0.25) is 9.59 Å². The Bertz CT molecular complexity index is 566. The zero-order chi connectivity index (χ0) is 13.9. The average molecular weight is 276 g/mol. The molecule has 7 nitrogen and oxygen atoms in total. The van der Waals surface area contributed by atoms with E-state index < -0.39 is 11.4 Å². The number of carbonyl (C=O) groups is 2. The summed E-state index contributed by atoms with van der Waals surface area (Å²) in [5.74, 6) is -0.423. The van der Waals surface area contributed by atoms with Crippen LogP contribution < -0.4 is 5.32 Å². The van der Waals surface area contributed by atoms with Crippen molar-refractivity contribution in [3.05, 3.63) is 12.7 Å². The highest BCUT2D eigenvalue weighted by Crippen LogP contribution is 2.67. The van der Waals surface area contributed by atoms with Gasteiger partial charge in [-0.05, 0) is 31.6 Å². The second-order valence-electron chi connectivity index (χ2n) is 6.32. The molecule has 0 saturated heterocycles. The number of aliphatic carboxylic acids is 1. The molecular weight excluding hydrogens is 260 g/mol. The Morgan fingerprint density at radius 2 is 1.95 bits per heavy atom. The van der Waals surface area contributed by atoms with Crippen molar-refractivity contribution < 1.29 is 14.7 Å². The number of carbonyl (C=O) groups excluding carboxylic acids is 1. The molecule has 0 aliphatic heterocycles. The summed E-state index contributed by atoms with van der Waals surface area (Å²) in [5, 5.41) is 19.6. The lowest BCUT2D eigenvalue weighted by Crippen LogP contribution is -2.51. The van der Waals surface area contributed by atoms with Crippen molar-refractivity contribution in [1.29, 1.82) is 0 Å². The SMILES string of the molecule is O=C(N[C@@H]1C[C@@]2(C(=O)O)C[C@@H]12)C1CC(n2cnnc2)C1. The number of carboxylic acid groups (broad SMARTS) is 1. The molecule has 1 amide bonds.